The molecule has 0 fully saturated rings. The van der Waals surface area contributed by atoms with E-state index in [1.807, 2.05) is 0 Å². The molecule has 1 aromatic carbocycles. The number of rotatable bonds is 5. The molecule has 0 aliphatic carbocycles. The van der Waals surface area contributed by atoms with E-state index in [0.717, 1.165) is 5.75 Å². The third-order valence-corrected chi connectivity index (χ3v) is 21.4. The fourth-order valence-corrected chi connectivity index (χ4v) is 18.1. The number of nitrogens with zero attached hydrogens (tertiary/aromatic N) is 1. The molecular formula is C13H25NOSi2Te. The Balaban J connectivity index is 2.90. The van der Waals surface area contributed by atoms with Crippen molar-refractivity contribution in [1.29, 1.82) is 0 Å². The summed E-state index contributed by atoms with van der Waals surface area (Å²) in [5, 5.41) is 0. The summed E-state index contributed by atoms with van der Waals surface area (Å²) in [6.07, 6.45) is 0. The van der Waals surface area contributed by atoms with Gasteiger partial charge in [0.1, 0.15) is 0 Å². The van der Waals surface area contributed by atoms with Crippen LogP contribution in [0.25, 0.3) is 0 Å². The van der Waals surface area contributed by atoms with Gasteiger partial charge in [0.2, 0.25) is 0 Å². The van der Waals surface area contributed by atoms with E-state index in [2.05, 4.69) is 66.0 Å². The molecule has 0 heterocycles. The van der Waals surface area contributed by atoms with E-state index in [1.54, 1.807) is 7.11 Å². The van der Waals surface area contributed by atoms with E-state index in [0.29, 0.717) is 0 Å². The molecular weight excluding hydrogens is 370 g/mol. The number of benzene rings is 1. The molecule has 0 aliphatic heterocycles. The van der Waals surface area contributed by atoms with Crippen molar-refractivity contribution in [3.8, 4) is 5.75 Å². The Labute approximate surface area is 124 Å². The Bertz CT molecular complexity index is 367. The predicted octanol–water partition coefficient (Wildman–Crippen LogP) is 2.91. The van der Waals surface area contributed by atoms with E-state index in [4.69, 9.17) is 4.74 Å². The van der Waals surface area contributed by atoms with E-state index in [1.165, 1.54) is 3.61 Å². The van der Waals surface area contributed by atoms with Crippen LogP contribution >= 0.6 is 0 Å². The fourth-order valence-electron chi connectivity index (χ4n) is 2.02. The summed E-state index contributed by atoms with van der Waals surface area (Å²) >= 11 is -0.238. The van der Waals surface area contributed by atoms with Crippen molar-refractivity contribution in [2.24, 2.45) is 0 Å². The van der Waals surface area contributed by atoms with Gasteiger partial charge < -0.3 is 0 Å². The molecule has 0 N–H and O–H groups in total. The molecule has 0 bridgehead atoms. The first-order valence-electron chi connectivity index (χ1n) is 6.27. The monoisotopic (exact) mass is 397 g/mol. The number of ether oxygens (including phenoxy) is 1. The summed E-state index contributed by atoms with van der Waals surface area (Å²) in [7, 11) is -0.686. The standard InChI is InChI=1S/C13H25NOSi2Te/c1-15-12-8-10-13(11-9-12)18-14(16(2,3)4)17(5,6)7/h8-11H,1-7H3. The van der Waals surface area contributed by atoms with Gasteiger partial charge in [-0.15, -0.1) is 0 Å². The van der Waals surface area contributed by atoms with Crippen LogP contribution in [-0.2, 0) is 0 Å². The molecule has 0 radical (unpaired) electrons. The molecule has 1 aromatic rings. The topological polar surface area (TPSA) is 12.5 Å². The summed E-state index contributed by atoms with van der Waals surface area (Å²) in [5.74, 6) is 0.957. The van der Waals surface area contributed by atoms with Crippen LogP contribution in [0.5, 0.6) is 5.75 Å². The summed E-state index contributed by atoms with van der Waals surface area (Å²) in [6, 6.07) is 8.67. The molecule has 102 valence electrons. The average Bonchev–Trinajstić information content (AvgIpc) is 2.23. The molecule has 1 rings (SSSR count). The molecule has 5 heteroatoms. The summed E-state index contributed by atoms with van der Waals surface area (Å²) in [6.45, 7) is 14.8. The molecule has 0 aliphatic rings. The quantitative estimate of drug-likeness (QED) is 0.712. The van der Waals surface area contributed by atoms with Crippen molar-refractivity contribution in [1.82, 2.24) is 2.48 Å². The second-order valence-corrected chi connectivity index (χ2v) is 21.3. The van der Waals surface area contributed by atoms with Gasteiger partial charge in [-0.2, -0.15) is 0 Å². The molecule has 0 spiro atoms. The molecule has 0 aromatic heterocycles. The number of hydrogen-bond donors (Lipinski definition) is 0. The number of methoxy groups -OCH3 is 1. The molecule has 0 atom stereocenters. The van der Waals surface area contributed by atoms with Gasteiger partial charge in [0.05, 0.1) is 0 Å². The fraction of sp³-hybridized carbons (Fsp3) is 0.538. The summed E-state index contributed by atoms with van der Waals surface area (Å²) in [5.41, 5.74) is 0. The van der Waals surface area contributed by atoms with Gasteiger partial charge in [-0.1, -0.05) is 0 Å². The van der Waals surface area contributed by atoms with Crippen molar-refractivity contribution < 1.29 is 4.74 Å². The van der Waals surface area contributed by atoms with Crippen molar-refractivity contribution in [2.75, 3.05) is 7.11 Å². The molecule has 0 saturated carbocycles. The van der Waals surface area contributed by atoms with Gasteiger partial charge in [-0.05, 0) is 0 Å². The minimum atomic E-state index is -1.21. The predicted molar refractivity (Wildman–Crippen MR) is 86.9 cm³/mol. The van der Waals surface area contributed by atoms with Crippen LogP contribution in [0.1, 0.15) is 0 Å². The third kappa shape index (κ3) is 4.71. The number of hydrogen-bond acceptors (Lipinski definition) is 2. The first-order valence-corrected chi connectivity index (χ1v) is 15.4. The summed E-state index contributed by atoms with van der Waals surface area (Å²) < 4.78 is 9.67. The van der Waals surface area contributed by atoms with Crippen LogP contribution in [0.4, 0.5) is 0 Å². The van der Waals surface area contributed by atoms with Crippen molar-refractivity contribution >= 4 is 41.3 Å². The van der Waals surface area contributed by atoms with Crippen LogP contribution in [0.2, 0.25) is 39.3 Å². The van der Waals surface area contributed by atoms with Crippen LogP contribution < -0.4 is 8.35 Å². The zero-order valence-electron chi connectivity index (χ0n) is 12.6. The average molecular weight is 395 g/mol. The summed E-state index contributed by atoms with van der Waals surface area (Å²) in [4.78, 5) is 0. The minimum absolute atomic E-state index is 0.238. The van der Waals surface area contributed by atoms with Gasteiger partial charge in [-0.25, -0.2) is 0 Å². The van der Waals surface area contributed by atoms with Gasteiger partial charge in [0, 0.05) is 0 Å². The Kier molecular flexibility index (Phi) is 5.51. The van der Waals surface area contributed by atoms with E-state index in [-0.39, 0.29) is 21.2 Å². The molecule has 0 amide bonds. The van der Waals surface area contributed by atoms with Gasteiger partial charge in [0.25, 0.3) is 0 Å². The van der Waals surface area contributed by atoms with Crippen molar-refractivity contribution in [2.45, 2.75) is 39.3 Å². The Morgan fingerprint density at radius 2 is 1.33 bits per heavy atom. The molecule has 2 nitrogen and oxygen atoms in total. The van der Waals surface area contributed by atoms with Crippen molar-refractivity contribution in [3.63, 3.8) is 0 Å². The first kappa shape index (κ1) is 16.3. The SMILES string of the molecule is COc1ccc([Te]N([Si](C)(C)C)[Si](C)(C)C)cc1. The van der Waals surface area contributed by atoms with Crippen LogP contribution in [0, 0.1) is 0 Å². The maximum atomic E-state index is 5.23. The Hall–Kier alpha value is 0.203. The zero-order valence-corrected chi connectivity index (χ0v) is 16.9. The van der Waals surface area contributed by atoms with Crippen LogP contribution in [-0.4, -0.2) is 47.3 Å². The molecule has 0 unspecified atom stereocenters. The maximum absolute atomic E-state index is 5.23. The second-order valence-electron chi connectivity index (χ2n) is 6.40. The van der Waals surface area contributed by atoms with E-state index in [9.17, 15) is 0 Å². The Morgan fingerprint density at radius 1 is 0.889 bits per heavy atom. The van der Waals surface area contributed by atoms with Crippen LogP contribution in [0.15, 0.2) is 24.3 Å². The third-order valence-electron chi connectivity index (χ3n) is 2.47. The normalized spacial score (nSPS) is 12.9. The second kappa shape index (κ2) is 6.10. The van der Waals surface area contributed by atoms with Gasteiger partial charge in [-0.3, -0.25) is 0 Å². The molecule has 18 heavy (non-hydrogen) atoms. The van der Waals surface area contributed by atoms with E-state index < -0.39 is 16.5 Å². The Morgan fingerprint density at radius 3 is 1.67 bits per heavy atom. The van der Waals surface area contributed by atoms with Gasteiger partial charge >= 0.3 is 125 Å². The van der Waals surface area contributed by atoms with Crippen molar-refractivity contribution in [3.05, 3.63) is 24.3 Å². The molecule has 0 saturated heterocycles. The first-order chi connectivity index (χ1) is 8.14. The zero-order chi connectivity index (χ0) is 14.0. The van der Waals surface area contributed by atoms with Gasteiger partial charge in [0.15, 0.2) is 0 Å². The van der Waals surface area contributed by atoms with E-state index >= 15 is 0 Å². The van der Waals surface area contributed by atoms with Crippen LogP contribution in [0.3, 0.4) is 0 Å².